The molecule has 0 unspecified atom stereocenters. The van der Waals surface area contributed by atoms with Gasteiger partial charge >= 0.3 is 0 Å². The summed E-state index contributed by atoms with van der Waals surface area (Å²) >= 11 is 0. The fraction of sp³-hybridized carbons (Fsp3) is 0.273. The van der Waals surface area contributed by atoms with Gasteiger partial charge in [-0.3, -0.25) is 9.78 Å². The smallest absolute Gasteiger partial charge is 0.253 e. The van der Waals surface area contributed by atoms with E-state index in [1.807, 2.05) is 57.4 Å². The SMILES string of the molecule is COc1ccc2cc(C(=O)NCc3ccccc3CN(C)C)c(C)nc2c1. The second-order valence-electron chi connectivity index (χ2n) is 6.87. The predicted octanol–water partition coefficient (Wildman–Crippen LogP) is 3.54. The van der Waals surface area contributed by atoms with Crippen molar-refractivity contribution in [2.45, 2.75) is 20.0 Å². The summed E-state index contributed by atoms with van der Waals surface area (Å²) in [4.78, 5) is 19.4. The maximum absolute atomic E-state index is 12.8. The molecule has 0 saturated carbocycles. The number of fused-ring (bicyclic) bond motifs is 1. The van der Waals surface area contributed by atoms with Crippen molar-refractivity contribution < 1.29 is 9.53 Å². The number of benzene rings is 2. The van der Waals surface area contributed by atoms with Crippen LogP contribution >= 0.6 is 0 Å². The Labute approximate surface area is 160 Å². The highest BCUT2D eigenvalue weighted by Crippen LogP contribution is 2.22. The number of carbonyl (C=O) groups excluding carboxylic acids is 1. The minimum atomic E-state index is -0.114. The second-order valence-corrected chi connectivity index (χ2v) is 6.87. The fourth-order valence-electron chi connectivity index (χ4n) is 3.10. The highest BCUT2D eigenvalue weighted by molar-refractivity contribution is 5.98. The molecule has 0 radical (unpaired) electrons. The summed E-state index contributed by atoms with van der Waals surface area (Å²) in [5.74, 6) is 0.640. The molecule has 0 fully saturated rings. The quantitative estimate of drug-likeness (QED) is 0.728. The monoisotopic (exact) mass is 363 g/mol. The largest absolute Gasteiger partial charge is 0.497 e. The number of carbonyl (C=O) groups is 1. The summed E-state index contributed by atoms with van der Waals surface area (Å²) in [6.45, 7) is 3.18. The standard InChI is InChI=1S/C22H25N3O2/c1-15-20(11-16-9-10-19(27-4)12-21(16)24-15)22(26)23-13-17-7-5-6-8-18(17)14-25(2)3/h5-12H,13-14H2,1-4H3,(H,23,26). The van der Waals surface area contributed by atoms with Crippen molar-refractivity contribution >= 4 is 16.8 Å². The zero-order valence-electron chi connectivity index (χ0n) is 16.2. The second kappa shape index (κ2) is 8.18. The van der Waals surface area contributed by atoms with Crippen LogP contribution in [0, 0.1) is 6.92 Å². The number of rotatable bonds is 6. The number of aryl methyl sites for hydroxylation is 1. The Kier molecular flexibility index (Phi) is 5.72. The van der Waals surface area contributed by atoms with Crippen molar-refractivity contribution in [3.8, 4) is 5.75 Å². The van der Waals surface area contributed by atoms with E-state index in [1.165, 1.54) is 5.56 Å². The van der Waals surface area contributed by atoms with Crippen LogP contribution in [0.3, 0.4) is 0 Å². The first-order chi connectivity index (χ1) is 13.0. The zero-order valence-corrected chi connectivity index (χ0v) is 16.2. The molecule has 0 aliphatic rings. The summed E-state index contributed by atoms with van der Waals surface area (Å²) in [7, 11) is 5.70. The molecule has 1 amide bonds. The third-order valence-corrected chi connectivity index (χ3v) is 4.50. The highest BCUT2D eigenvalue weighted by Gasteiger charge is 2.13. The zero-order chi connectivity index (χ0) is 19.4. The first kappa shape index (κ1) is 18.9. The number of aromatic nitrogens is 1. The average Bonchev–Trinajstić information content (AvgIpc) is 2.65. The van der Waals surface area contributed by atoms with Gasteiger partial charge in [-0.15, -0.1) is 0 Å². The molecule has 0 saturated heterocycles. The van der Waals surface area contributed by atoms with E-state index in [4.69, 9.17) is 4.74 Å². The molecular formula is C22H25N3O2. The molecule has 0 atom stereocenters. The number of hydrogen-bond acceptors (Lipinski definition) is 4. The number of pyridine rings is 1. The summed E-state index contributed by atoms with van der Waals surface area (Å²) in [5.41, 5.74) is 4.45. The van der Waals surface area contributed by atoms with Crippen LogP contribution in [0.5, 0.6) is 5.75 Å². The maximum Gasteiger partial charge on any atom is 0.253 e. The van der Waals surface area contributed by atoms with Gasteiger partial charge in [-0.2, -0.15) is 0 Å². The Balaban J connectivity index is 1.80. The number of amides is 1. The van der Waals surface area contributed by atoms with Crippen molar-refractivity contribution in [1.82, 2.24) is 15.2 Å². The topological polar surface area (TPSA) is 54.5 Å². The first-order valence-corrected chi connectivity index (χ1v) is 8.93. The van der Waals surface area contributed by atoms with Crippen LogP contribution in [0.1, 0.15) is 27.2 Å². The molecule has 0 bridgehead atoms. The van der Waals surface area contributed by atoms with E-state index >= 15 is 0 Å². The molecule has 3 rings (SSSR count). The number of nitrogens with zero attached hydrogens (tertiary/aromatic N) is 2. The number of nitrogens with one attached hydrogen (secondary N) is 1. The molecule has 1 heterocycles. The van der Waals surface area contributed by atoms with Crippen molar-refractivity contribution in [2.75, 3.05) is 21.2 Å². The first-order valence-electron chi connectivity index (χ1n) is 8.93. The van der Waals surface area contributed by atoms with E-state index < -0.39 is 0 Å². The number of methoxy groups -OCH3 is 1. The molecule has 1 aromatic heterocycles. The van der Waals surface area contributed by atoms with Gasteiger partial charge in [0.2, 0.25) is 0 Å². The number of ether oxygens (including phenoxy) is 1. The van der Waals surface area contributed by atoms with Gasteiger partial charge in [0.05, 0.1) is 23.9 Å². The van der Waals surface area contributed by atoms with E-state index in [9.17, 15) is 4.79 Å². The molecule has 0 aliphatic carbocycles. The lowest BCUT2D eigenvalue weighted by atomic mass is 10.1. The third kappa shape index (κ3) is 4.44. The lowest BCUT2D eigenvalue weighted by molar-refractivity contribution is 0.0950. The molecule has 140 valence electrons. The van der Waals surface area contributed by atoms with Crippen LogP contribution in [-0.2, 0) is 13.1 Å². The Morgan fingerprint density at radius 1 is 1.11 bits per heavy atom. The fourth-order valence-corrected chi connectivity index (χ4v) is 3.10. The van der Waals surface area contributed by atoms with E-state index in [1.54, 1.807) is 7.11 Å². The van der Waals surface area contributed by atoms with E-state index in [0.717, 1.165) is 28.8 Å². The molecule has 3 aromatic rings. The summed E-state index contributed by atoms with van der Waals surface area (Å²) < 4.78 is 5.24. The van der Waals surface area contributed by atoms with Crippen LogP contribution in [-0.4, -0.2) is 37.0 Å². The summed E-state index contributed by atoms with van der Waals surface area (Å²) in [6, 6.07) is 15.7. The van der Waals surface area contributed by atoms with Gasteiger partial charge in [0.15, 0.2) is 0 Å². The van der Waals surface area contributed by atoms with Crippen LogP contribution in [0.4, 0.5) is 0 Å². The average molecular weight is 363 g/mol. The molecular weight excluding hydrogens is 338 g/mol. The lowest BCUT2D eigenvalue weighted by Crippen LogP contribution is -2.25. The van der Waals surface area contributed by atoms with Gasteiger partial charge in [-0.05, 0) is 50.3 Å². The van der Waals surface area contributed by atoms with E-state index in [0.29, 0.717) is 17.8 Å². The summed E-state index contributed by atoms with van der Waals surface area (Å²) in [5, 5.41) is 3.95. The van der Waals surface area contributed by atoms with Gasteiger partial charge < -0.3 is 15.0 Å². The third-order valence-electron chi connectivity index (χ3n) is 4.50. The Morgan fingerprint density at radius 2 is 1.85 bits per heavy atom. The molecule has 27 heavy (non-hydrogen) atoms. The molecule has 5 heteroatoms. The van der Waals surface area contributed by atoms with Crippen LogP contribution < -0.4 is 10.1 Å². The molecule has 0 aliphatic heterocycles. The van der Waals surface area contributed by atoms with Gasteiger partial charge in [0, 0.05) is 24.5 Å². The van der Waals surface area contributed by atoms with Crippen molar-refractivity contribution in [3.63, 3.8) is 0 Å². The van der Waals surface area contributed by atoms with Crippen molar-refractivity contribution in [2.24, 2.45) is 0 Å². The normalized spacial score (nSPS) is 11.0. The van der Waals surface area contributed by atoms with E-state index in [-0.39, 0.29) is 5.91 Å². The highest BCUT2D eigenvalue weighted by atomic mass is 16.5. The van der Waals surface area contributed by atoms with Crippen molar-refractivity contribution in [3.05, 3.63) is 70.9 Å². The lowest BCUT2D eigenvalue weighted by Gasteiger charge is -2.15. The van der Waals surface area contributed by atoms with Crippen LogP contribution in [0.25, 0.3) is 10.9 Å². The molecule has 0 spiro atoms. The van der Waals surface area contributed by atoms with Gasteiger partial charge in [-0.25, -0.2) is 0 Å². The molecule has 1 N–H and O–H groups in total. The van der Waals surface area contributed by atoms with E-state index in [2.05, 4.69) is 27.3 Å². The minimum absolute atomic E-state index is 0.114. The predicted molar refractivity (Wildman–Crippen MR) is 108 cm³/mol. The Bertz CT molecular complexity index is 967. The van der Waals surface area contributed by atoms with Gasteiger partial charge in [0.25, 0.3) is 5.91 Å². The summed E-state index contributed by atoms with van der Waals surface area (Å²) in [6.07, 6.45) is 0. The molecule has 2 aromatic carbocycles. The minimum Gasteiger partial charge on any atom is -0.497 e. The Morgan fingerprint density at radius 3 is 2.56 bits per heavy atom. The van der Waals surface area contributed by atoms with Crippen molar-refractivity contribution in [1.29, 1.82) is 0 Å². The maximum atomic E-state index is 12.8. The van der Waals surface area contributed by atoms with Crippen LogP contribution in [0.2, 0.25) is 0 Å². The Hall–Kier alpha value is -2.92. The molecule has 5 nitrogen and oxygen atoms in total. The number of hydrogen-bond donors (Lipinski definition) is 1. The van der Waals surface area contributed by atoms with Gasteiger partial charge in [0.1, 0.15) is 5.75 Å². The van der Waals surface area contributed by atoms with Crippen LogP contribution in [0.15, 0.2) is 48.5 Å². The van der Waals surface area contributed by atoms with Gasteiger partial charge in [-0.1, -0.05) is 24.3 Å².